The molecule has 0 aliphatic rings. The van der Waals surface area contributed by atoms with E-state index in [1.165, 1.54) is 5.56 Å². The van der Waals surface area contributed by atoms with Crippen LogP contribution < -0.4 is 15.2 Å². The van der Waals surface area contributed by atoms with Gasteiger partial charge in [0, 0.05) is 26.2 Å². The molecule has 0 radical (unpaired) electrons. The number of rotatable bonds is 9. The topological polar surface area (TPSA) is 53.7 Å². The number of hydrogen-bond donors (Lipinski definition) is 1. The summed E-state index contributed by atoms with van der Waals surface area (Å²) in [6.07, 6.45) is 1.76. The lowest BCUT2D eigenvalue weighted by Gasteiger charge is -2.29. The average Bonchev–Trinajstić information content (AvgIpc) is 2.43. The molecule has 0 bridgehead atoms. The summed E-state index contributed by atoms with van der Waals surface area (Å²) in [4.78, 5) is 0. The molecule has 4 heteroatoms. The summed E-state index contributed by atoms with van der Waals surface area (Å²) >= 11 is 0. The monoisotopic (exact) mass is 295 g/mol. The second-order valence-corrected chi connectivity index (χ2v) is 6.13. The van der Waals surface area contributed by atoms with E-state index in [0.717, 1.165) is 24.3 Å². The number of ether oxygens (including phenoxy) is 3. The molecular formula is C17H29NO3. The summed E-state index contributed by atoms with van der Waals surface area (Å²) in [6.45, 7) is 7.72. The van der Waals surface area contributed by atoms with E-state index in [-0.39, 0.29) is 11.5 Å². The predicted molar refractivity (Wildman–Crippen MR) is 86.1 cm³/mol. The van der Waals surface area contributed by atoms with Gasteiger partial charge in [0.15, 0.2) is 11.5 Å². The Balaban J connectivity index is 2.79. The van der Waals surface area contributed by atoms with Crippen molar-refractivity contribution in [1.82, 2.24) is 0 Å². The number of methoxy groups -OCH3 is 2. The summed E-state index contributed by atoms with van der Waals surface area (Å²) in [5.41, 5.74) is 7.31. The Labute approximate surface area is 128 Å². The molecule has 0 aromatic heterocycles. The molecule has 120 valence electrons. The Hall–Kier alpha value is -1.26. The molecule has 0 saturated carbocycles. The molecule has 0 saturated heterocycles. The first-order chi connectivity index (χ1) is 9.90. The summed E-state index contributed by atoms with van der Waals surface area (Å²) < 4.78 is 16.2. The zero-order valence-corrected chi connectivity index (χ0v) is 13.9. The number of hydrogen-bond acceptors (Lipinski definition) is 4. The maximum Gasteiger partial charge on any atom is 0.161 e. The zero-order valence-electron chi connectivity index (χ0n) is 13.9. The molecule has 2 N–H and O–H groups in total. The minimum absolute atomic E-state index is 0.0436. The van der Waals surface area contributed by atoms with Crippen molar-refractivity contribution in [3.63, 3.8) is 0 Å². The molecule has 0 aliphatic carbocycles. The molecular weight excluding hydrogens is 266 g/mol. The second-order valence-electron chi connectivity index (χ2n) is 6.13. The van der Waals surface area contributed by atoms with Gasteiger partial charge in [-0.15, -0.1) is 0 Å². The lowest BCUT2D eigenvalue weighted by molar-refractivity contribution is 0.170. The first kappa shape index (κ1) is 17.8. The van der Waals surface area contributed by atoms with Gasteiger partial charge in [0.05, 0.1) is 13.7 Å². The Bertz CT molecular complexity index is 430. The van der Waals surface area contributed by atoms with Crippen molar-refractivity contribution in [3.8, 4) is 11.5 Å². The quantitative estimate of drug-likeness (QED) is 0.712. The van der Waals surface area contributed by atoms with Gasteiger partial charge in [-0.25, -0.2) is 0 Å². The third-order valence-electron chi connectivity index (χ3n) is 3.87. The molecule has 1 unspecified atom stereocenters. The van der Waals surface area contributed by atoms with E-state index in [9.17, 15) is 0 Å². The van der Waals surface area contributed by atoms with Crippen molar-refractivity contribution in [2.45, 2.75) is 39.7 Å². The van der Waals surface area contributed by atoms with E-state index in [0.29, 0.717) is 13.2 Å². The van der Waals surface area contributed by atoms with Crippen LogP contribution in [0.1, 0.15) is 32.8 Å². The highest BCUT2D eigenvalue weighted by Gasteiger charge is 2.23. The highest BCUT2D eigenvalue weighted by Crippen LogP contribution is 2.32. The van der Waals surface area contributed by atoms with Gasteiger partial charge < -0.3 is 19.9 Å². The minimum atomic E-state index is 0.0436. The molecule has 1 rings (SSSR count). The maximum atomic E-state index is 6.06. The molecule has 0 fully saturated rings. The molecule has 1 atom stereocenters. The predicted octanol–water partition coefficient (Wildman–Crippen LogP) is 3.03. The van der Waals surface area contributed by atoms with E-state index in [2.05, 4.69) is 26.0 Å². The van der Waals surface area contributed by atoms with Crippen LogP contribution in [0.25, 0.3) is 0 Å². The molecule has 0 heterocycles. The van der Waals surface area contributed by atoms with Crippen LogP contribution in [-0.2, 0) is 11.2 Å². The van der Waals surface area contributed by atoms with Gasteiger partial charge in [0.2, 0.25) is 0 Å². The van der Waals surface area contributed by atoms with Gasteiger partial charge >= 0.3 is 0 Å². The van der Waals surface area contributed by atoms with Crippen LogP contribution in [0.3, 0.4) is 0 Å². The maximum absolute atomic E-state index is 6.06. The fraction of sp³-hybridized carbons (Fsp3) is 0.647. The van der Waals surface area contributed by atoms with Gasteiger partial charge in [0.25, 0.3) is 0 Å². The van der Waals surface area contributed by atoms with Gasteiger partial charge in [-0.05, 0) is 36.5 Å². The van der Waals surface area contributed by atoms with Gasteiger partial charge in [-0.2, -0.15) is 0 Å². The Morgan fingerprint density at radius 2 is 1.86 bits per heavy atom. The Kier molecular flexibility index (Phi) is 6.99. The first-order valence-corrected chi connectivity index (χ1v) is 7.45. The van der Waals surface area contributed by atoms with Crippen molar-refractivity contribution >= 4 is 0 Å². The fourth-order valence-electron chi connectivity index (χ4n) is 2.02. The summed E-state index contributed by atoms with van der Waals surface area (Å²) in [5, 5.41) is 0. The van der Waals surface area contributed by atoms with Gasteiger partial charge in [0.1, 0.15) is 0 Å². The van der Waals surface area contributed by atoms with E-state index >= 15 is 0 Å². The normalized spacial score (nSPS) is 13.0. The van der Waals surface area contributed by atoms with Crippen LogP contribution in [0.4, 0.5) is 0 Å². The smallest absolute Gasteiger partial charge is 0.161 e. The van der Waals surface area contributed by atoms with Crippen molar-refractivity contribution in [2.75, 3.05) is 27.4 Å². The molecule has 4 nitrogen and oxygen atoms in total. The lowest BCUT2D eigenvalue weighted by atomic mass is 9.80. The molecule has 0 amide bonds. The van der Waals surface area contributed by atoms with Crippen molar-refractivity contribution in [2.24, 2.45) is 11.1 Å². The molecule has 0 spiro atoms. The second kappa shape index (κ2) is 8.25. The molecule has 1 aromatic carbocycles. The molecule has 21 heavy (non-hydrogen) atoms. The van der Waals surface area contributed by atoms with Crippen molar-refractivity contribution in [1.29, 1.82) is 0 Å². The van der Waals surface area contributed by atoms with Crippen LogP contribution >= 0.6 is 0 Å². The van der Waals surface area contributed by atoms with Gasteiger partial charge in [-0.1, -0.05) is 19.9 Å². The first-order valence-electron chi connectivity index (χ1n) is 7.45. The minimum Gasteiger partial charge on any atom is -0.493 e. The van der Waals surface area contributed by atoms with E-state index < -0.39 is 0 Å². The zero-order chi connectivity index (χ0) is 15.9. The highest BCUT2D eigenvalue weighted by atomic mass is 16.5. The molecule has 1 aromatic rings. The van der Waals surface area contributed by atoms with Crippen LogP contribution in [0.2, 0.25) is 0 Å². The van der Waals surface area contributed by atoms with Crippen LogP contribution in [0.5, 0.6) is 11.5 Å². The van der Waals surface area contributed by atoms with E-state index in [1.807, 2.05) is 13.0 Å². The largest absolute Gasteiger partial charge is 0.493 e. The third-order valence-corrected chi connectivity index (χ3v) is 3.87. The lowest BCUT2D eigenvalue weighted by Crippen LogP contribution is -2.36. The highest BCUT2D eigenvalue weighted by molar-refractivity contribution is 5.43. The summed E-state index contributed by atoms with van der Waals surface area (Å²) in [6, 6.07) is 6.21. The van der Waals surface area contributed by atoms with Gasteiger partial charge in [-0.3, -0.25) is 0 Å². The van der Waals surface area contributed by atoms with Crippen molar-refractivity contribution in [3.05, 3.63) is 23.8 Å². The Morgan fingerprint density at radius 1 is 1.14 bits per heavy atom. The summed E-state index contributed by atoms with van der Waals surface area (Å²) in [5.74, 6) is 1.54. The third kappa shape index (κ3) is 5.56. The Morgan fingerprint density at radius 3 is 2.43 bits per heavy atom. The SMILES string of the molecule is COCCCOc1cc(CC(C)(C)C(C)N)ccc1OC. The molecule has 0 aliphatic heterocycles. The fourth-order valence-corrected chi connectivity index (χ4v) is 2.02. The standard InChI is InChI=1S/C17H29NO3/c1-13(18)17(2,3)12-14-7-8-15(20-5)16(11-14)21-10-6-9-19-4/h7-8,11,13H,6,9-10,12,18H2,1-5H3. The van der Waals surface area contributed by atoms with Crippen LogP contribution in [0, 0.1) is 5.41 Å². The van der Waals surface area contributed by atoms with E-state index in [1.54, 1.807) is 14.2 Å². The van der Waals surface area contributed by atoms with E-state index in [4.69, 9.17) is 19.9 Å². The number of benzene rings is 1. The number of nitrogens with two attached hydrogens (primary N) is 1. The van der Waals surface area contributed by atoms with Crippen molar-refractivity contribution < 1.29 is 14.2 Å². The summed E-state index contributed by atoms with van der Waals surface area (Å²) in [7, 11) is 3.35. The van der Waals surface area contributed by atoms with Crippen LogP contribution in [0.15, 0.2) is 18.2 Å². The average molecular weight is 295 g/mol. The van der Waals surface area contributed by atoms with Crippen LogP contribution in [-0.4, -0.2) is 33.5 Å².